The standard InChI is InChI=1S/C10H22Si2.C9H7.C6H6P.C2H4.Ti/c1-9(11(3,4)5)10(2)12(6,7)8;1-2-5-9-7-3-6-8(9)4-1;7-6-4-2-1-3-5-6;1-2;/h1-2H2,3-8H3;1-7H;1-5,7H;1-2H2;/q;;-1;;+1. The van der Waals surface area contributed by atoms with Gasteiger partial charge in [-0.2, -0.15) is 0 Å². The summed E-state index contributed by atoms with van der Waals surface area (Å²) in [4.78, 5) is 0. The molecular formula is C27H39PSi2Ti. The van der Waals surface area contributed by atoms with Crippen LogP contribution >= 0.6 is 6.57 Å². The fourth-order valence-electron chi connectivity index (χ4n) is 4.09. The molecule has 1 saturated heterocycles. The molecule has 1 fully saturated rings. The van der Waals surface area contributed by atoms with Gasteiger partial charge in [0.1, 0.15) is 0 Å². The number of fused-ring (bicyclic) bond motifs is 1. The summed E-state index contributed by atoms with van der Waals surface area (Å²) >= 11 is -1.63. The Balaban J connectivity index is 0.000000199. The topological polar surface area (TPSA) is 0 Å². The molecule has 0 bridgehead atoms. The van der Waals surface area contributed by atoms with E-state index < -0.39 is 32.2 Å². The molecule has 0 saturated carbocycles. The molecule has 2 aromatic carbocycles. The van der Waals surface area contributed by atoms with Crippen LogP contribution in [0.5, 0.6) is 0 Å². The van der Waals surface area contributed by atoms with Gasteiger partial charge in [-0.15, -0.1) is 0 Å². The van der Waals surface area contributed by atoms with Crippen molar-refractivity contribution < 1.29 is 16.1 Å². The molecule has 2 atom stereocenters. The monoisotopic (exact) mass is 498 g/mol. The van der Waals surface area contributed by atoms with Crippen molar-refractivity contribution >= 4 is 34.1 Å². The molecule has 2 unspecified atom stereocenters. The third-order valence-electron chi connectivity index (χ3n) is 6.53. The molecule has 1 heterocycles. The Morgan fingerprint density at radius 2 is 1.32 bits per heavy atom. The zero-order valence-electron chi connectivity index (χ0n) is 20.3. The van der Waals surface area contributed by atoms with Gasteiger partial charge in [0, 0.05) is 0 Å². The van der Waals surface area contributed by atoms with Crippen LogP contribution in [-0.4, -0.2) is 16.1 Å². The molecule has 2 aliphatic rings. The van der Waals surface area contributed by atoms with E-state index in [1.54, 1.807) is 20.3 Å². The molecule has 4 heteroatoms. The van der Waals surface area contributed by atoms with Gasteiger partial charge in [0.25, 0.3) is 0 Å². The minimum atomic E-state index is -1.63. The molecule has 4 rings (SSSR count). The first-order chi connectivity index (χ1) is 14.4. The smallest absolute Gasteiger partial charge is 0.0766 e. The Morgan fingerprint density at radius 3 is 1.84 bits per heavy atom. The van der Waals surface area contributed by atoms with Gasteiger partial charge in [-0.1, -0.05) is 62.8 Å². The number of benzene rings is 2. The molecule has 2 aromatic rings. The van der Waals surface area contributed by atoms with Gasteiger partial charge in [0.05, 0.1) is 16.1 Å². The van der Waals surface area contributed by atoms with Crippen LogP contribution in [0.4, 0.5) is 0 Å². The molecule has 0 nitrogen and oxygen atoms in total. The van der Waals surface area contributed by atoms with Crippen molar-refractivity contribution in [3.63, 3.8) is 0 Å². The number of hydrogen-bond acceptors (Lipinski definition) is 0. The predicted octanol–water partition coefficient (Wildman–Crippen LogP) is 8.53. The summed E-state index contributed by atoms with van der Waals surface area (Å²) in [5.74, 6) is 0. The number of hydrogen-bond donors (Lipinski definition) is 0. The van der Waals surface area contributed by atoms with E-state index in [1.807, 2.05) is 0 Å². The maximum Gasteiger partial charge on any atom is 0.0766 e. The van der Waals surface area contributed by atoms with Gasteiger partial charge in [0.15, 0.2) is 0 Å². The van der Waals surface area contributed by atoms with Crippen molar-refractivity contribution in [2.45, 2.75) is 53.0 Å². The maximum atomic E-state index is 4.19. The first kappa shape index (κ1) is 24.9. The second kappa shape index (κ2) is 9.62. The van der Waals surface area contributed by atoms with Gasteiger partial charge in [-0.25, -0.2) is 0 Å². The molecule has 1 aliphatic heterocycles. The van der Waals surface area contributed by atoms with Crippen LogP contribution in [-0.2, 0) is 16.1 Å². The van der Waals surface area contributed by atoms with Crippen LogP contribution in [0.1, 0.15) is 15.3 Å². The van der Waals surface area contributed by atoms with E-state index in [4.69, 9.17) is 0 Å². The van der Waals surface area contributed by atoms with Crippen LogP contribution in [0, 0.1) is 0 Å². The van der Waals surface area contributed by atoms with Crippen LogP contribution < -0.4 is 5.30 Å². The molecule has 0 amide bonds. The molecular weight excluding hydrogens is 459 g/mol. The van der Waals surface area contributed by atoms with Crippen LogP contribution in [0.2, 0.25) is 48.7 Å². The zero-order chi connectivity index (χ0) is 22.9. The number of rotatable bonds is 6. The summed E-state index contributed by atoms with van der Waals surface area (Å²) in [6, 6.07) is 20.2. The van der Waals surface area contributed by atoms with Gasteiger partial charge < -0.3 is 0 Å². The van der Waals surface area contributed by atoms with Gasteiger partial charge in [0.2, 0.25) is 0 Å². The Labute approximate surface area is 197 Å². The summed E-state index contributed by atoms with van der Waals surface area (Å²) in [5, 5.41) is 4.32. The zero-order valence-corrected chi connectivity index (χ0v) is 24.8. The third kappa shape index (κ3) is 6.18. The quantitative estimate of drug-likeness (QED) is 0.213. The molecule has 0 spiro atoms. The van der Waals surface area contributed by atoms with E-state index >= 15 is 0 Å². The SMILES string of the molecule is C1=C[CH]([Ti]2([PH]c3ccccc3)[CH2][CH2]2)c2ccccc21.C=C(C(=C)[Si](C)(C)C)[Si](C)(C)C. The van der Waals surface area contributed by atoms with E-state index in [0.717, 1.165) is 10.8 Å². The Hall–Kier alpha value is -0.762. The van der Waals surface area contributed by atoms with Gasteiger partial charge in [-0.05, 0) is 0 Å². The van der Waals surface area contributed by atoms with E-state index in [1.165, 1.54) is 16.0 Å². The van der Waals surface area contributed by atoms with Crippen molar-refractivity contribution in [1.29, 1.82) is 0 Å². The Bertz CT molecular complexity index is 952. The van der Waals surface area contributed by atoms with Crippen LogP contribution in [0.3, 0.4) is 0 Å². The average Bonchev–Trinajstić information content (AvgIpc) is 3.34. The molecule has 1 aliphatic carbocycles. The van der Waals surface area contributed by atoms with Crippen molar-refractivity contribution in [2.75, 3.05) is 0 Å². The van der Waals surface area contributed by atoms with Crippen molar-refractivity contribution in [2.24, 2.45) is 0 Å². The largest absolute Gasteiger partial charge is 0.0999 e. The molecule has 0 aromatic heterocycles. The summed E-state index contributed by atoms with van der Waals surface area (Å²) in [6.07, 6.45) is 4.88. The fraction of sp³-hybridized carbons (Fsp3) is 0.333. The summed E-state index contributed by atoms with van der Waals surface area (Å²) in [5.41, 5.74) is 3.10. The van der Waals surface area contributed by atoms with E-state index in [0.29, 0.717) is 0 Å². The van der Waals surface area contributed by atoms with Crippen LogP contribution in [0.25, 0.3) is 6.08 Å². The second-order valence-electron chi connectivity index (χ2n) is 11.1. The predicted molar refractivity (Wildman–Crippen MR) is 147 cm³/mol. The van der Waals surface area contributed by atoms with Gasteiger partial charge >= 0.3 is 119 Å². The molecule has 31 heavy (non-hydrogen) atoms. The van der Waals surface area contributed by atoms with Crippen molar-refractivity contribution in [1.82, 2.24) is 0 Å². The van der Waals surface area contributed by atoms with Gasteiger partial charge in [-0.3, -0.25) is 0 Å². The van der Waals surface area contributed by atoms with E-state index in [2.05, 4.69) is 119 Å². The Kier molecular flexibility index (Phi) is 7.72. The fourth-order valence-corrected chi connectivity index (χ4v) is 23.2. The molecule has 0 radical (unpaired) electrons. The average molecular weight is 499 g/mol. The third-order valence-corrected chi connectivity index (χ3v) is 24.3. The minimum Gasteiger partial charge on any atom is -0.0999 e. The summed E-state index contributed by atoms with van der Waals surface area (Å²) in [7, 11) is -2.39. The minimum absolute atomic E-state index is 0.828. The summed E-state index contributed by atoms with van der Waals surface area (Å²) < 4.78 is 3.96. The van der Waals surface area contributed by atoms with E-state index in [-0.39, 0.29) is 0 Å². The number of allylic oxidation sites excluding steroid dienone is 3. The molecule has 0 N–H and O–H groups in total. The Morgan fingerprint density at radius 1 is 0.806 bits per heavy atom. The first-order valence-electron chi connectivity index (χ1n) is 11.4. The van der Waals surface area contributed by atoms with E-state index in [9.17, 15) is 0 Å². The van der Waals surface area contributed by atoms with Crippen molar-refractivity contribution in [3.8, 4) is 0 Å². The normalized spacial score (nSPS) is 19.0. The maximum absolute atomic E-state index is 4.19. The first-order valence-corrected chi connectivity index (χ1v) is 24.9. The van der Waals surface area contributed by atoms with Crippen molar-refractivity contribution in [3.05, 3.63) is 95.4 Å². The second-order valence-corrected chi connectivity index (χ2v) is 33.5. The summed E-state index contributed by atoms with van der Waals surface area (Å²) in [6.45, 7) is 23.5. The molecule has 164 valence electrons. The van der Waals surface area contributed by atoms with Crippen LogP contribution in [0.15, 0.2) is 84.2 Å².